The lowest BCUT2D eigenvalue weighted by Gasteiger charge is -2.23. The lowest BCUT2D eigenvalue weighted by Crippen LogP contribution is -2.41. The summed E-state index contributed by atoms with van der Waals surface area (Å²) in [5.74, 6) is 1.45. The molecule has 0 amide bonds. The van der Waals surface area contributed by atoms with E-state index in [2.05, 4.69) is 32.3 Å². The van der Waals surface area contributed by atoms with Gasteiger partial charge in [0, 0.05) is 12.6 Å². The van der Waals surface area contributed by atoms with Gasteiger partial charge in [-0.25, -0.2) is 0 Å². The molecule has 0 aliphatic heterocycles. The first kappa shape index (κ1) is 16.1. The molecule has 3 N–H and O–H groups in total. The van der Waals surface area contributed by atoms with Gasteiger partial charge in [0.15, 0.2) is 5.96 Å². The van der Waals surface area contributed by atoms with Crippen LogP contribution in [0.25, 0.3) is 0 Å². The average molecular weight is 354 g/mol. The molecular formula is C16H24BrN3O. The molecule has 1 aliphatic rings. The number of guanidine groups is 1. The molecule has 1 aromatic carbocycles. The molecule has 0 heterocycles. The van der Waals surface area contributed by atoms with Crippen LogP contribution in [0.3, 0.4) is 0 Å². The smallest absolute Gasteiger partial charge is 0.188 e. The van der Waals surface area contributed by atoms with Gasteiger partial charge in [-0.2, -0.15) is 0 Å². The highest BCUT2D eigenvalue weighted by atomic mass is 79.9. The van der Waals surface area contributed by atoms with Gasteiger partial charge in [-0.3, -0.25) is 4.99 Å². The van der Waals surface area contributed by atoms with Gasteiger partial charge in [-0.05, 0) is 46.8 Å². The molecule has 0 radical (unpaired) electrons. The number of halogens is 1. The highest BCUT2D eigenvalue weighted by molar-refractivity contribution is 9.10. The van der Waals surface area contributed by atoms with Crippen molar-refractivity contribution >= 4 is 21.9 Å². The third kappa shape index (κ3) is 4.92. The lowest BCUT2D eigenvalue weighted by atomic mass is 9.96. The maximum Gasteiger partial charge on any atom is 0.188 e. The molecular weight excluding hydrogens is 330 g/mol. The zero-order valence-corrected chi connectivity index (χ0v) is 14.2. The molecule has 5 heteroatoms. The Morgan fingerprint density at radius 1 is 1.38 bits per heavy atom. The summed E-state index contributed by atoms with van der Waals surface area (Å²) in [5.41, 5.74) is 7.11. The minimum Gasteiger partial charge on any atom is -0.495 e. The highest BCUT2D eigenvalue weighted by Crippen LogP contribution is 2.28. The minimum absolute atomic E-state index is 0.503. The van der Waals surface area contributed by atoms with E-state index in [1.54, 1.807) is 7.11 Å². The summed E-state index contributed by atoms with van der Waals surface area (Å²) >= 11 is 3.50. The van der Waals surface area contributed by atoms with Crippen molar-refractivity contribution in [3.05, 3.63) is 28.2 Å². The Hall–Kier alpha value is -1.23. The summed E-state index contributed by atoms with van der Waals surface area (Å²) in [5, 5.41) is 3.33. The summed E-state index contributed by atoms with van der Waals surface area (Å²) in [6.45, 7) is 0.665. The van der Waals surface area contributed by atoms with Crippen LogP contribution in [0.2, 0.25) is 0 Å². The van der Waals surface area contributed by atoms with Crippen LogP contribution in [0.15, 0.2) is 27.7 Å². The third-order valence-corrected chi connectivity index (χ3v) is 4.50. The first-order valence-corrected chi connectivity index (χ1v) is 8.38. The van der Waals surface area contributed by atoms with Crippen molar-refractivity contribution in [2.75, 3.05) is 13.7 Å². The van der Waals surface area contributed by atoms with Crippen LogP contribution in [-0.2, 0) is 6.42 Å². The normalized spacial score (nSPS) is 16.8. The van der Waals surface area contributed by atoms with Crippen LogP contribution in [0, 0.1) is 0 Å². The Kier molecular flexibility index (Phi) is 6.36. The number of aliphatic imine (C=N–C) groups is 1. The van der Waals surface area contributed by atoms with Crippen LogP contribution in [-0.4, -0.2) is 25.7 Å². The second kappa shape index (κ2) is 8.27. The standard InChI is InChI=1S/C16H24BrN3O/c1-21-15-12(6-5-9-14(15)17)10-11-19-16(18)20-13-7-3-2-4-8-13/h5-6,9,13H,2-4,7-8,10-11H2,1H3,(H3,18,19,20). The number of nitrogens with zero attached hydrogens (tertiary/aromatic N) is 1. The summed E-state index contributed by atoms with van der Waals surface area (Å²) < 4.78 is 6.38. The molecule has 116 valence electrons. The number of rotatable bonds is 5. The molecule has 4 nitrogen and oxygen atoms in total. The third-order valence-electron chi connectivity index (χ3n) is 3.87. The number of ether oxygens (including phenoxy) is 1. The van der Waals surface area contributed by atoms with E-state index in [1.807, 2.05) is 12.1 Å². The van der Waals surface area contributed by atoms with Gasteiger partial charge in [-0.15, -0.1) is 0 Å². The zero-order chi connectivity index (χ0) is 15.1. The Labute approximate surface area is 135 Å². The molecule has 21 heavy (non-hydrogen) atoms. The largest absolute Gasteiger partial charge is 0.495 e. The van der Waals surface area contributed by atoms with E-state index in [1.165, 1.54) is 32.1 Å². The summed E-state index contributed by atoms with van der Waals surface area (Å²) in [6, 6.07) is 6.55. The van der Waals surface area contributed by atoms with Crippen molar-refractivity contribution in [1.82, 2.24) is 5.32 Å². The predicted octanol–water partition coefficient (Wildman–Crippen LogP) is 3.24. The second-order valence-corrected chi connectivity index (χ2v) is 6.28. The first-order chi connectivity index (χ1) is 10.2. The number of hydrogen-bond acceptors (Lipinski definition) is 2. The number of nitrogens with one attached hydrogen (secondary N) is 1. The topological polar surface area (TPSA) is 59.6 Å². The SMILES string of the molecule is COc1c(Br)cccc1CCN=C(N)NC1CCCCC1. The van der Waals surface area contributed by atoms with E-state index in [0.29, 0.717) is 18.5 Å². The quantitative estimate of drug-likeness (QED) is 0.630. The number of benzene rings is 1. The van der Waals surface area contributed by atoms with E-state index in [-0.39, 0.29) is 0 Å². The maximum atomic E-state index is 5.97. The van der Waals surface area contributed by atoms with Crippen molar-refractivity contribution in [3.8, 4) is 5.75 Å². The first-order valence-electron chi connectivity index (χ1n) is 7.58. The van der Waals surface area contributed by atoms with Gasteiger partial charge in [0.05, 0.1) is 11.6 Å². The van der Waals surface area contributed by atoms with Crippen LogP contribution in [0.1, 0.15) is 37.7 Å². The molecule has 0 unspecified atom stereocenters. The summed E-state index contributed by atoms with van der Waals surface area (Å²) in [4.78, 5) is 4.43. The van der Waals surface area contributed by atoms with Crippen LogP contribution >= 0.6 is 15.9 Å². The molecule has 1 saturated carbocycles. The number of nitrogens with two attached hydrogens (primary N) is 1. The molecule has 1 aliphatic carbocycles. The van der Waals surface area contributed by atoms with Crippen LogP contribution in [0.5, 0.6) is 5.75 Å². The highest BCUT2D eigenvalue weighted by Gasteiger charge is 2.13. The van der Waals surface area contributed by atoms with Gasteiger partial charge in [0.25, 0.3) is 0 Å². The Bertz CT molecular complexity index is 484. The van der Waals surface area contributed by atoms with E-state index in [0.717, 1.165) is 22.2 Å². The molecule has 1 fully saturated rings. The predicted molar refractivity (Wildman–Crippen MR) is 90.9 cm³/mol. The van der Waals surface area contributed by atoms with Gasteiger partial charge < -0.3 is 15.8 Å². The monoisotopic (exact) mass is 353 g/mol. The molecule has 1 aromatic rings. The molecule has 0 atom stereocenters. The van der Waals surface area contributed by atoms with E-state index >= 15 is 0 Å². The summed E-state index contributed by atoms with van der Waals surface area (Å²) in [6.07, 6.45) is 7.15. The zero-order valence-electron chi connectivity index (χ0n) is 12.6. The van der Waals surface area contributed by atoms with E-state index in [9.17, 15) is 0 Å². The fraction of sp³-hybridized carbons (Fsp3) is 0.562. The van der Waals surface area contributed by atoms with Crippen molar-refractivity contribution in [3.63, 3.8) is 0 Å². The maximum absolute atomic E-state index is 5.97. The molecule has 0 bridgehead atoms. The van der Waals surface area contributed by atoms with Gasteiger partial charge in [0.2, 0.25) is 0 Å². The summed E-state index contributed by atoms with van der Waals surface area (Å²) in [7, 11) is 1.69. The van der Waals surface area contributed by atoms with Gasteiger partial charge in [-0.1, -0.05) is 31.4 Å². The Morgan fingerprint density at radius 2 is 2.14 bits per heavy atom. The lowest BCUT2D eigenvalue weighted by molar-refractivity contribution is 0.407. The molecule has 0 aromatic heterocycles. The molecule has 0 spiro atoms. The van der Waals surface area contributed by atoms with Crippen LogP contribution in [0.4, 0.5) is 0 Å². The molecule has 0 saturated heterocycles. The number of methoxy groups -OCH3 is 1. The van der Waals surface area contributed by atoms with Crippen LogP contribution < -0.4 is 15.8 Å². The number of hydrogen-bond donors (Lipinski definition) is 2. The van der Waals surface area contributed by atoms with Gasteiger partial charge in [0.1, 0.15) is 5.75 Å². The number of para-hydroxylation sites is 1. The average Bonchev–Trinajstić information content (AvgIpc) is 2.48. The van der Waals surface area contributed by atoms with Gasteiger partial charge >= 0.3 is 0 Å². The fourth-order valence-corrected chi connectivity index (χ4v) is 3.35. The fourth-order valence-electron chi connectivity index (χ4n) is 2.78. The van der Waals surface area contributed by atoms with Crippen molar-refractivity contribution in [2.24, 2.45) is 10.7 Å². The van der Waals surface area contributed by atoms with E-state index in [4.69, 9.17) is 10.5 Å². The van der Waals surface area contributed by atoms with Crippen molar-refractivity contribution in [2.45, 2.75) is 44.6 Å². The Balaban J connectivity index is 1.85. The van der Waals surface area contributed by atoms with E-state index < -0.39 is 0 Å². The van der Waals surface area contributed by atoms with Crippen molar-refractivity contribution in [1.29, 1.82) is 0 Å². The Morgan fingerprint density at radius 3 is 2.86 bits per heavy atom. The second-order valence-electron chi connectivity index (χ2n) is 5.43. The minimum atomic E-state index is 0.503. The van der Waals surface area contributed by atoms with Crippen molar-refractivity contribution < 1.29 is 4.74 Å². The molecule has 2 rings (SSSR count).